The number of hydrogen-bond acceptors (Lipinski definition) is 6. The highest BCUT2D eigenvalue weighted by molar-refractivity contribution is 6.21. The summed E-state index contributed by atoms with van der Waals surface area (Å²) < 4.78 is 10.7. The van der Waals surface area contributed by atoms with Crippen LogP contribution in [-0.2, 0) is 17.6 Å². The number of aryl methyl sites for hydroxylation is 1. The molecule has 1 aliphatic heterocycles. The molecule has 0 N–H and O–H groups in total. The lowest BCUT2D eigenvalue weighted by Crippen LogP contribution is -2.32. The van der Waals surface area contributed by atoms with Crippen molar-refractivity contribution < 1.29 is 23.5 Å². The average molecular weight is 403 g/mol. The van der Waals surface area contributed by atoms with Crippen molar-refractivity contribution in [3.63, 3.8) is 0 Å². The summed E-state index contributed by atoms with van der Waals surface area (Å²) in [6, 6.07) is 11.5. The predicted molar refractivity (Wildman–Crippen MR) is 107 cm³/mol. The Bertz CT molecular complexity index is 1250. The third-order valence-electron chi connectivity index (χ3n) is 5.59. The molecule has 7 heteroatoms. The van der Waals surface area contributed by atoms with Gasteiger partial charge in [-0.1, -0.05) is 12.1 Å². The Morgan fingerprint density at radius 1 is 0.967 bits per heavy atom. The molecule has 7 nitrogen and oxygen atoms in total. The van der Waals surface area contributed by atoms with E-state index in [1.54, 1.807) is 36.4 Å². The summed E-state index contributed by atoms with van der Waals surface area (Å²) in [6.45, 7) is -0.0681. The van der Waals surface area contributed by atoms with Gasteiger partial charge in [-0.25, -0.2) is 4.79 Å². The monoisotopic (exact) mass is 403 g/mol. The number of nitrogens with zero attached hydrogens (tertiary/aromatic N) is 1. The van der Waals surface area contributed by atoms with Crippen molar-refractivity contribution in [1.82, 2.24) is 4.90 Å². The van der Waals surface area contributed by atoms with Crippen molar-refractivity contribution in [2.45, 2.75) is 25.7 Å². The minimum absolute atomic E-state index is 0.0681. The summed E-state index contributed by atoms with van der Waals surface area (Å²) in [7, 11) is 0. The number of benzene rings is 2. The third-order valence-corrected chi connectivity index (χ3v) is 5.59. The molecule has 0 radical (unpaired) electrons. The fraction of sp³-hybridized carbons (Fsp3) is 0.217. The van der Waals surface area contributed by atoms with Gasteiger partial charge < -0.3 is 9.15 Å². The number of rotatable bonds is 4. The molecule has 2 heterocycles. The van der Waals surface area contributed by atoms with Crippen LogP contribution in [0.3, 0.4) is 0 Å². The van der Waals surface area contributed by atoms with E-state index in [0.29, 0.717) is 16.7 Å². The molecule has 0 bridgehead atoms. The minimum Gasteiger partial charge on any atom is -0.426 e. The Morgan fingerprint density at radius 2 is 1.67 bits per heavy atom. The maximum atomic E-state index is 12.4. The van der Waals surface area contributed by atoms with Gasteiger partial charge in [0.1, 0.15) is 11.3 Å². The first-order chi connectivity index (χ1) is 14.5. The zero-order chi connectivity index (χ0) is 20.8. The van der Waals surface area contributed by atoms with Gasteiger partial charge in [0.05, 0.1) is 17.5 Å². The van der Waals surface area contributed by atoms with Gasteiger partial charge in [-0.15, -0.1) is 0 Å². The van der Waals surface area contributed by atoms with Crippen molar-refractivity contribution in [3.8, 4) is 5.75 Å². The first kappa shape index (κ1) is 18.3. The van der Waals surface area contributed by atoms with Crippen molar-refractivity contribution >= 4 is 28.8 Å². The number of carbonyl (C=O) groups excluding carboxylic acids is 3. The minimum atomic E-state index is -0.589. The van der Waals surface area contributed by atoms with Crippen LogP contribution in [-0.4, -0.2) is 29.2 Å². The van der Waals surface area contributed by atoms with E-state index in [0.717, 1.165) is 40.7 Å². The van der Waals surface area contributed by atoms with Crippen LogP contribution in [0.15, 0.2) is 51.7 Å². The van der Waals surface area contributed by atoms with E-state index in [2.05, 4.69) is 0 Å². The average Bonchev–Trinajstić information content (AvgIpc) is 3.32. The zero-order valence-corrected chi connectivity index (χ0v) is 16.0. The molecule has 2 aromatic carbocycles. The molecule has 0 unspecified atom stereocenters. The smallest absolute Gasteiger partial charge is 0.339 e. The Morgan fingerprint density at radius 3 is 2.40 bits per heavy atom. The van der Waals surface area contributed by atoms with Crippen LogP contribution in [0.4, 0.5) is 0 Å². The Balaban J connectivity index is 1.29. The molecule has 30 heavy (non-hydrogen) atoms. The van der Waals surface area contributed by atoms with Crippen LogP contribution in [0.1, 0.15) is 44.7 Å². The summed E-state index contributed by atoms with van der Waals surface area (Å²) >= 11 is 0. The molecule has 1 aliphatic carbocycles. The topological polar surface area (TPSA) is 93.9 Å². The van der Waals surface area contributed by atoms with Gasteiger partial charge in [0.15, 0.2) is 0 Å². The van der Waals surface area contributed by atoms with Gasteiger partial charge in [-0.3, -0.25) is 19.3 Å². The number of ether oxygens (including phenoxy) is 1. The molecular weight excluding hydrogens is 386 g/mol. The van der Waals surface area contributed by atoms with Crippen LogP contribution >= 0.6 is 0 Å². The standard InChI is InChI=1S/C23H17NO6/c25-20(10-11-24-21(26)16-4-1-2-5-17(16)22(24)27)29-13-8-9-15-14-6-3-7-18(14)23(28)30-19(15)12-13/h1-2,4-5,8-9,12H,3,6-7,10-11H2. The molecule has 0 fully saturated rings. The summed E-state index contributed by atoms with van der Waals surface area (Å²) in [5.74, 6) is -1.17. The Kier molecular flexibility index (Phi) is 4.24. The van der Waals surface area contributed by atoms with Gasteiger partial charge >= 0.3 is 11.6 Å². The number of imide groups is 1. The Labute approximate surface area is 170 Å². The fourth-order valence-electron chi connectivity index (χ4n) is 4.16. The second kappa shape index (κ2) is 6.95. The SMILES string of the molecule is O=C(CCN1C(=O)c2ccccc2C1=O)Oc1ccc2c3c(c(=O)oc2c1)CCC3. The van der Waals surface area contributed by atoms with Crippen LogP contribution in [0.5, 0.6) is 5.75 Å². The van der Waals surface area contributed by atoms with E-state index in [9.17, 15) is 19.2 Å². The second-order valence-corrected chi connectivity index (χ2v) is 7.39. The quantitative estimate of drug-likeness (QED) is 0.288. The molecular formula is C23H17NO6. The highest BCUT2D eigenvalue weighted by atomic mass is 16.5. The molecule has 0 atom stereocenters. The third kappa shape index (κ3) is 2.90. The van der Waals surface area contributed by atoms with E-state index in [1.807, 2.05) is 0 Å². The number of amides is 2. The lowest BCUT2D eigenvalue weighted by atomic mass is 10.1. The van der Waals surface area contributed by atoms with E-state index < -0.39 is 17.8 Å². The number of esters is 1. The second-order valence-electron chi connectivity index (χ2n) is 7.39. The first-order valence-electron chi connectivity index (χ1n) is 9.77. The van der Waals surface area contributed by atoms with Crippen LogP contribution in [0, 0.1) is 0 Å². The van der Waals surface area contributed by atoms with Gasteiger partial charge in [0.25, 0.3) is 11.8 Å². The molecule has 1 aromatic heterocycles. The van der Waals surface area contributed by atoms with Crippen molar-refractivity contribution in [2.24, 2.45) is 0 Å². The number of carbonyl (C=O) groups is 3. The highest BCUT2D eigenvalue weighted by Crippen LogP contribution is 2.30. The maximum absolute atomic E-state index is 12.4. The fourth-order valence-corrected chi connectivity index (χ4v) is 4.16. The zero-order valence-electron chi connectivity index (χ0n) is 16.0. The van der Waals surface area contributed by atoms with Crippen molar-refractivity contribution in [2.75, 3.05) is 6.54 Å². The van der Waals surface area contributed by atoms with E-state index in [4.69, 9.17) is 9.15 Å². The van der Waals surface area contributed by atoms with Crippen molar-refractivity contribution in [3.05, 3.63) is 75.1 Å². The van der Waals surface area contributed by atoms with Crippen molar-refractivity contribution in [1.29, 1.82) is 0 Å². The van der Waals surface area contributed by atoms with Gasteiger partial charge in [0, 0.05) is 23.6 Å². The summed E-state index contributed by atoms with van der Waals surface area (Å²) in [6.07, 6.45) is 2.34. The molecule has 150 valence electrons. The summed E-state index contributed by atoms with van der Waals surface area (Å²) in [4.78, 5) is 50.2. The van der Waals surface area contributed by atoms with Gasteiger partial charge in [-0.05, 0) is 49.1 Å². The summed E-state index contributed by atoms with van der Waals surface area (Å²) in [5, 5.41) is 0.855. The number of hydrogen-bond donors (Lipinski definition) is 0. The van der Waals surface area contributed by atoms with E-state index in [1.165, 1.54) is 6.07 Å². The molecule has 0 saturated carbocycles. The lowest BCUT2D eigenvalue weighted by molar-refractivity contribution is -0.134. The number of fused-ring (bicyclic) bond motifs is 4. The predicted octanol–water partition coefficient (Wildman–Crippen LogP) is 2.87. The molecule has 2 amide bonds. The lowest BCUT2D eigenvalue weighted by Gasteiger charge is -2.13. The normalized spacial score (nSPS) is 14.9. The van der Waals surface area contributed by atoms with Crippen LogP contribution in [0.2, 0.25) is 0 Å². The van der Waals surface area contributed by atoms with E-state index >= 15 is 0 Å². The van der Waals surface area contributed by atoms with Crippen LogP contribution < -0.4 is 10.4 Å². The molecule has 5 rings (SSSR count). The maximum Gasteiger partial charge on any atom is 0.339 e. The van der Waals surface area contributed by atoms with Gasteiger partial charge in [-0.2, -0.15) is 0 Å². The Hall–Kier alpha value is -3.74. The summed E-state index contributed by atoms with van der Waals surface area (Å²) in [5.41, 5.74) is 2.45. The largest absolute Gasteiger partial charge is 0.426 e. The molecule has 0 spiro atoms. The first-order valence-corrected chi connectivity index (χ1v) is 9.77. The molecule has 0 saturated heterocycles. The highest BCUT2D eigenvalue weighted by Gasteiger charge is 2.35. The molecule has 3 aromatic rings. The molecule has 2 aliphatic rings. The van der Waals surface area contributed by atoms with E-state index in [-0.39, 0.29) is 24.3 Å². The van der Waals surface area contributed by atoms with Crippen LogP contribution in [0.25, 0.3) is 11.0 Å². The van der Waals surface area contributed by atoms with Gasteiger partial charge in [0.2, 0.25) is 0 Å².